The van der Waals surface area contributed by atoms with Crippen molar-refractivity contribution in [3.05, 3.63) is 23.5 Å². The minimum absolute atomic E-state index is 0.0352. The zero-order valence-corrected chi connectivity index (χ0v) is 12.5. The second-order valence-corrected chi connectivity index (χ2v) is 5.40. The maximum Gasteiger partial charge on any atom is 0.305 e. The smallest absolute Gasteiger partial charge is 0.305 e. The van der Waals surface area contributed by atoms with Crippen molar-refractivity contribution in [1.29, 1.82) is 0 Å². The molecular weight excluding hydrogens is 272 g/mol. The number of carbonyl (C=O) groups excluding carboxylic acids is 1. The van der Waals surface area contributed by atoms with Crippen molar-refractivity contribution in [3.63, 3.8) is 0 Å². The molecule has 1 saturated heterocycles. The molecule has 1 fully saturated rings. The number of ether oxygens (including phenoxy) is 1. The second kappa shape index (κ2) is 6.76. The van der Waals surface area contributed by atoms with Crippen LogP contribution in [0.3, 0.4) is 0 Å². The van der Waals surface area contributed by atoms with E-state index >= 15 is 0 Å². The second-order valence-electron chi connectivity index (χ2n) is 5.40. The Kier molecular flexibility index (Phi) is 5.01. The van der Waals surface area contributed by atoms with Crippen LogP contribution in [0.25, 0.3) is 0 Å². The molecule has 1 aromatic heterocycles. The number of aryl methyl sites for hydroxylation is 1. The number of nitrogens with zero attached hydrogens (tertiary/aromatic N) is 2. The number of hydrogen-bond acceptors (Lipinski definition) is 3. The van der Waals surface area contributed by atoms with Gasteiger partial charge in [-0.1, -0.05) is 0 Å². The molecule has 0 unspecified atom stereocenters. The van der Waals surface area contributed by atoms with E-state index in [1.807, 2.05) is 24.6 Å². The third kappa shape index (κ3) is 3.64. The molecule has 2 rings (SSSR count). The van der Waals surface area contributed by atoms with Crippen LogP contribution >= 0.6 is 0 Å². The summed E-state index contributed by atoms with van der Waals surface area (Å²) in [6.45, 7) is 3.41. The minimum Gasteiger partial charge on any atom is -0.481 e. The number of aromatic nitrogens is 1. The largest absolute Gasteiger partial charge is 0.481 e. The van der Waals surface area contributed by atoms with Gasteiger partial charge in [0.25, 0.3) is 5.91 Å². The van der Waals surface area contributed by atoms with Crippen LogP contribution in [0.4, 0.5) is 0 Å². The van der Waals surface area contributed by atoms with E-state index in [-0.39, 0.29) is 24.9 Å². The average molecular weight is 294 g/mol. The maximum atomic E-state index is 12.8. The lowest BCUT2D eigenvalue weighted by Crippen LogP contribution is -2.45. The predicted octanol–water partition coefficient (Wildman–Crippen LogP) is 1.43. The Labute approximate surface area is 124 Å². The van der Waals surface area contributed by atoms with Gasteiger partial charge in [0.1, 0.15) is 5.69 Å². The van der Waals surface area contributed by atoms with Gasteiger partial charge in [-0.3, -0.25) is 9.59 Å². The lowest BCUT2D eigenvalue weighted by molar-refractivity contribution is -0.137. The summed E-state index contributed by atoms with van der Waals surface area (Å²) in [6.07, 6.45) is 1.48. The number of hydrogen-bond donors (Lipinski definition) is 1. The van der Waals surface area contributed by atoms with Crippen molar-refractivity contribution in [2.24, 2.45) is 7.05 Å². The molecule has 2 heterocycles. The Balaban J connectivity index is 2.18. The van der Waals surface area contributed by atoms with Crippen LogP contribution in [0.1, 0.15) is 35.4 Å². The van der Waals surface area contributed by atoms with Crippen LogP contribution in [0.2, 0.25) is 0 Å². The van der Waals surface area contributed by atoms with Gasteiger partial charge in [0.05, 0.1) is 6.42 Å². The molecule has 1 aliphatic heterocycles. The summed E-state index contributed by atoms with van der Waals surface area (Å²) in [4.78, 5) is 25.3. The van der Waals surface area contributed by atoms with E-state index < -0.39 is 5.97 Å². The van der Waals surface area contributed by atoms with Crippen molar-refractivity contribution in [3.8, 4) is 0 Å². The highest BCUT2D eigenvalue weighted by atomic mass is 16.5. The summed E-state index contributed by atoms with van der Waals surface area (Å²) < 4.78 is 7.17. The summed E-state index contributed by atoms with van der Waals surface area (Å²) in [5.74, 6) is -0.985. The molecule has 1 N–H and O–H groups in total. The Hall–Kier alpha value is -1.82. The molecule has 116 valence electrons. The molecule has 0 atom stereocenters. The van der Waals surface area contributed by atoms with Gasteiger partial charge in [-0.2, -0.15) is 0 Å². The van der Waals surface area contributed by atoms with Crippen molar-refractivity contribution in [2.75, 3.05) is 19.8 Å². The van der Waals surface area contributed by atoms with E-state index in [2.05, 4.69) is 0 Å². The first kappa shape index (κ1) is 15.6. The molecule has 0 bridgehead atoms. The molecule has 6 nitrogen and oxygen atoms in total. The highest BCUT2D eigenvalue weighted by Gasteiger charge is 2.28. The van der Waals surface area contributed by atoms with Crippen LogP contribution in [-0.4, -0.2) is 52.3 Å². The van der Waals surface area contributed by atoms with Gasteiger partial charge >= 0.3 is 5.97 Å². The van der Waals surface area contributed by atoms with Gasteiger partial charge in [0, 0.05) is 38.5 Å². The van der Waals surface area contributed by atoms with Gasteiger partial charge in [0.15, 0.2) is 0 Å². The summed E-state index contributed by atoms with van der Waals surface area (Å²) in [7, 11) is 1.85. The normalized spacial score (nSPS) is 15.9. The number of amides is 1. The third-order valence-electron chi connectivity index (χ3n) is 4.05. The molecule has 1 aromatic rings. The van der Waals surface area contributed by atoms with Crippen LogP contribution in [0.5, 0.6) is 0 Å². The molecular formula is C15H22N2O4. The lowest BCUT2D eigenvalue weighted by atomic mass is 10.1. The number of rotatable bonds is 5. The number of carbonyl (C=O) groups is 2. The van der Waals surface area contributed by atoms with E-state index in [1.54, 1.807) is 11.0 Å². The first-order chi connectivity index (χ1) is 10.0. The molecule has 0 radical (unpaired) electrons. The summed E-state index contributed by atoms with van der Waals surface area (Å²) in [6, 6.07) is 3.75. The zero-order valence-electron chi connectivity index (χ0n) is 12.5. The first-order valence-corrected chi connectivity index (χ1v) is 7.23. The molecule has 0 saturated carbocycles. The quantitative estimate of drug-likeness (QED) is 0.891. The molecule has 21 heavy (non-hydrogen) atoms. The topological polar surface area (TPSA) is 71.8 Å². The number of carboxylic acids is 1. The standard InChI is InChI=1S/C15H22N2O4/c1-11-3-4-13(16(11)2)15(20)17(8-5-14(18)19)12-6-9-21-10-7-12/h3-4,12H,5-10H2,1-2H3,(H,18,19). The van der Waals surface area contributed by atoms with Crippen molar-refractivity contribution in [1.82, 2.24) is 9.47 Å². The highest BCUT2D eigenvalue weighted by molar-refractivity contribution is 5.93. The maximum absolute atomic E-state index is 12.8. The monoisotopic (exact) mass is 294 g/mol. The Morgan fingerprint density at radius 2 is 2.05 bits per heavy atom. The zero-order chi connectivity index (χ0) is 15.4. The minimum atomic E-state index is -0.886. The third-order valence-corrected chi connectivity index (χ3v) is 4.05. The van der Waals surface area contributed by atoms with Crippen LogP contribution < -0.4 is 0 Å². The SMILES string of the molecule is Cc1ccc(C(=O)N(CCC(=O)O)C2CCOCC2)n1C. The van der Waals surface area contributed by atoms with Crippen LogP contribution in [0.15, 0.2) is 12.1 Å². The van der Waals surface area contributed by atoms with Crippen molar-refractivity contribution >= 4 is 11.9 Å². The average Bonchev–Trinajstić information content (AvgIpc) is 2.80. The van der Waals surface area contributed by atoms with Crippen molar-refractivity contribution in [2.45, 2.75) is 32.2 Å². The van der Waals surface area contributed by atoms with E-state index in [0.29, 0.717) is 18.9 Å². The fourth-order valence-electron chi connectivity index (χ4n) is 2.64. The Morgan fingerprint density at radius 3 is 2.57 bits per heavy atom. The van der Waals surface area contributed by atoms with E-state index in [9.17, 15) is 9.59 Å². The van der Waals surface area contributed by atoms with Gasteiger partial charge in [0.2, 0.25) is 0 Å². The molecule has 1 aliphatic rings. The van der Waals surface area contributed by atoms with E-state index in [1.165, 1.54) is 0 Å². The lowest BCUT2D eigenvalue weighted by Gasteiger charge is -2.34. The number of aliphatic carboxylic acids is 1. The molecule has 6 heteroatoms. The fraction of sp³-hybridized carbons (Fsp3) is 0.600. The van der Waals surface area contributed by atoms with E-state index in [0.717, 1.165) is 18.5 Å². The van der Waals surface area contributed by atoms with Gasteiger partial charge in [-0.25, -0.2) is 0 Å². The number of carboxylic acid groups (broad SMARTS) is 1. The summed E-state index contributed by atoms with van der Waals surface area (Å²) >= 11 is 0. The fourth-order valence-corrected chi connectivity index (χ4v) is 2.64. The van der Waals surface area contributed by atoms with E-state index in [4.69, 9.17) is 9.84 Å². The van der Waals surface area contributed by atoms with Crippen LogP contribution in [-0.2, 0) is 16.6 Å². The van der Waals surface area contributed by atoms with Gasteiger partial charge < -0.3 is 19.3 Å². The van der Waals surface area contributed by atoms with Gasteiger partial charge in [-0.05, 0) is 31.9 Å². The highest BCUT2D eigenvalue weighted by Crippen LogP contribution is 2.19. The Bertz CT molecular complexity index is 518. The Morgan fingerprint density at radius 1 is 1.38 bits per heavy atom. The van der Waals surface area contributed by atoms with Gasteiger partial charge in [-0.15, -0.1) is 0 Å². The molecule has 0 aliphatic carbocycles. The molecule has 0 aromatic carbocycles. The first-order valence-electron chi connectivity index (χ1n) is 7.23. The van der Waals surface area contributed by atoms with Crippen LogP contribution in [0, 0.1) is 6.92 Å². The molecule has 0 spiro atoms. The molecule has 1 amide bonds. The predicted molar refractivity (Wildman–Crippen MR) is 77.3 cm³/mol. The van der Waals surface area contributed by atoms with Crippen molar-refractivity contribution < 1.29 is 19.4 Å². The summed E-state index contributed by atoms with van der Waals surface area (Å²) in [5.41, 5.74) is 1.60. The summed E-state index contributed by atoms with van der Waals surface area (Å²) in [5, 5.41) is 8.90.